The zero-order chi connectivity index (χ0) is 26.1. The van der Waals surface area contributed by atoms with Crippen LogP contribution in [-0.4, -0.2) is 69.6 Å². The highest BCUT2D eigenvalue weighted by molar-refractivity contribution is 6.05. The number of pyridine rings is 1. The van der Waals surface area contributed by atoms with E-state index in [1.807, 2.05) is 30.5 Å². The van der Waals surface area contributed by atoms with Crippen molar-refractivity contribution in [2.24, 2.45) is 0 Å². The molecule has 8 nitrogen and oxygen atoms in total. The minimum atomic E-state index is -0.583. The van der Waals surface area contributed by atoms with Crippen LogP contribution in [0, 0.1) is 0 Å². The molecule has 3 aromatic rings. The lowest BCUT2D eigenvalue weighted by atomic mass is 10.00. The fourth-order valence-electron chi connectivity index (χ4n) is 5.91. The van der Waals surface area contributed by atoms with Gasteiger partial charge in [-0.1, -0.05) is 48.5 Å². The second kappa shape index (κ2) is 10.5. The van der Waals surface area contributed by atoms with Crippen molar-refractivity contribution in [2.75, 3.05) is 26.2 Å². The summed E-state index contributed by atoms with van der Waals surface area (Å²) in [7, 11) is 0. The number of hydrogen-bond donors (Lipinski definition) is 1. The quantitative estimate of drug-likeness (QED) is 0.515. The van der Waals surface area contributed by atoms with Crippen LogP contribution in [0.3, 0.4) is 0 Å². The first-order chi connectivity index (χ1) is 18.6. The molecule has 1 unspecified atom stereocenters. The number of nitrogens with one attached hydrogen (secondary N) is 1. The van der Waals surface area contributed by atoms with Gasteiger partial charge in [-0.2, -0.15) is 0 Å². The first-order valence-electron chi connectivity index (χ1n) is 13.3. The molecule has 3 aliphatic rings. The molecular weight excluding hydrogens is 478 g/mol. The Morgan fingerprint density at radius 3 is 2.45 bits per heavy atom. The summed E-state index contributed by atoms with van der Waals surface area (Å²) in [6, 6.07) is 22.2. The molecule has 1 aromatic heterocycles. The molecule has 0 spiro atoms. The third-order valence-corrected chi connectivity index (χ3v) is 7.85. The van der Waals surface area contributed by atoms with Gasteiger partial charge < -0.3 is 4.90 Å². The average Bonchev–Trinajstić information content (AvgIpc) is 3.26. The van der Waals surface area contributed by atoms with Crippen LogP contribution in [0.2, 0.25) is 0 Å². The fraction of sp³-hybridized carbons (Fsp3) is 0.333. The van der Waals surface area contributed by atoms with Crippen molar-refractivity contribution in [2.45, 2.75) is 38.0 Å². The van der Waals surface area contributed by atoms with E-state index in [4.69, 9.17) is 0 Å². The zero-order valence-corrected chi connectivity index (χ0v) is 21.3. The fourth-order valence-corrected chi connectivity index (χ4v) is 5.91. The van der Waals surface area contributed by atoms with Gasteiger partial charge in [0.2, 0.25) is 11.8 Å². The summed E-state index contributed by atoms with van der Waals surface area (Å²) in [4.78, 5) is 48.1. The van der Waals surface area contributed by atoms with Crippen molar-refractivity contribution in [3.8, 4) is 0 Å². The average molecular weight is 510 g/mol. The number of aromatic nitrogens is 1. The molecule has 2 atom stereocenters. The second-order valence-electron chi connectivity index (χ2n) is 10.3. The lowest BCUT2D eigenvalue weighted by Crippen LogP contribution is -2.52. The summed E-state index contributed by atoms with van der Waals surface area (Å²) in [5.41, 5.74) is 5.10. The normalized spacial score (nSPS) is 21.3. The number of hydrogen-bond acceptors (Lipinski definition) is 6. The third kappa shape index (κ3) is 4.85. The standard InChI is InChI=1S/C30H31N5O3/c36-27-12-11-26(29(37)32-27)35-20-23-18-21(9-10-24(23)30(35)38)19-33-14-16-34(17-15-33)28(22-6-2-1-3-7-22)25-8-4-5-13-31-25/h1-10,13,18,26,28H,11-12,14-17,19-20H2,(H,32,36,37)/t26?,28-/m0/s1. The summed E-state index contributed by atoms with van der Waals surface area (Å²) in [5.74, 6) is -0.774. The van der Waals surface area contributed by atoms with Crippen molar-refractivity contribution in [1.82, 2.24) is 25.0 Å². The molecule has 2 saturated heterocycles. The number of imide groups is 1. The molecule has 3 amide bonds. The number of nitrogens with zero attached hydrogens (tertiary/aromatic N) is 4. The molecule has 38 heavy (non-hydrogen) atoms. The van der Waals surface area contributed by atoms with Gasteiger partial charge >= 0.3 is 0 Å². The summed E-state index contributed by atoms with van der Waals surface area (Å²) < 4.78 is 0. The molecule has 0 radical (unpaired) electrons. The van der Waals surface area contributed by atoms with E-state index in [1.54, 1.807) is 4.90 Å². The van der Waals surface area contributed by atoms with Crippen molar-refractivity contribution < 1.29 is 14.4 Å². The first-order valence-corrected chi connectivity index (χ1v) is 13.3. The van der Waals surface area contributed by atoms with Crippen LogP contribution < -0.4 is 5.32 Å². The molecule has 0 aliphatic carbocycles. The molecule has 6 rings (SSSR count). The Balaban J connectivity index is 1.11. The molecule has 194 valence electrons. The largest absolute Gasteiger partial charge is 0.322 e. The van der Waals surface area contributed by atoms with Gasteiger partial charge in [-0.05, 0) is 41.3 Å². The number of benzene rings is 2. The van der Waals surface area contributed by atoms with Crippen LogP contribution in [0.4, 0.5) is 0 Å². The number of fused-ring (bicyclic) bond motifs is 1. The van der Waals surface area contributed by atoms with Gasteiger partial charge in [0, 0.05) is 57.4 Å². The Bertz CT molecular complexity index is 1300. The Hall–Kier alpha value is -3.88. The highest BCUT2D eigenvalue weighted by Gasteiger charge is 2.39. The Kier molecular flexibility index (Phi) is 6.74. The van der Waals surface area contributed by atoms with Crippen LogP contribution in [0.25, 0.3) is 0 Å². The Morgan fingerprint density at radius 2 is 1.71 bits per heavy atom. The van der Waals surface area contributed by atoms with E-state index < -0.39 is 6.04 Å². The van der Waals surface area contributed by atoms with Crippen LogP contribution >= 0.6 is 0 Å². The maximum absolute atomic E-state index is 13.0. The lowest BCUT2D eigenvalue weighted by molar-refractivity contribution is -0.136. The predicted molar refractivity (Wildman–Crippen MR) is 142 cm³/mol. The van der Waals surface area contributed by atoms with E-state index in [2.05, 4.69) is 62.6 Å². The number of carbonyl (C=O) groups excluding carboxylic acids is 3. The monoisotopic (exact) mass is 509 g/mol. The Labute approximate surface area is 222 Å². The minimum Gasteiger partial charge on any atom is -0.322 e. The number of amides is 3. The molecule has 2 fully saturated rings. The highest BCUT2D eigenvalue weighted by Crippen LogP contribution is 2.30. The minimum absolute atomic E-state index is 0.129. The van der Waals surface area contributed by atoms with Crippen molar-refractivity contribution >= 4 is 17.7 Å². The predicted octanol–water partition coefficient (Wildman–Crippen LogP) is 2.75. The highest BCUT2D eigenvalue weighted by atomic mass is 16.2. The van der Waals surface area contributed by atoms with Gasteiger partial charge in [-0.15, -0.1) is 0 Å². The van der Waals surface area contributed by atoms with Crippen LogP contribution in [0.15, 0.2) is 72.9 Å². The van der Waals surface area contributed by atoms with Crippen LogP contribution in [0.5, 0.6) is 0 Å². The first kappa shape index (κ1) is 24.5. The number of rotatable bonds is 6. The smallest absolute Gasteiger partial charge is 0.255 e. The molecule has 2 aromatic carbocycles. The summed E-state index contributed by atoms with van der Waals surface area (Å²) >= 11 is 0. The second-order valence-corrected chi connectivity index (χ2v) is 10.3. The van der Waals surface area contributed by atoms with E-state index in [-0.39, 0.29) is 30.2 Å². The number of carbonyl (C=O) groups is 3. The van der Waals surface area contributed by atoms with Crippen molar-refractivity contribution in [1.29, 1.82) is 0 Å². The van der Waals surface area contributed by atoms with E-state index in [0.29, 0.717) is 18.5 Å². The zero-order valence-electron chi connectivity index (χ0n) is 21.3. The van der Waals surface area contributed by atoms with E-state index in [0.717, 1.165) is 44.0 Å². The maximum Gasteiger partial charge on any atom is 0.255 e. The van der Waals surface area contributed by atoms with Gasteiger partial charge in [0.25, 0.3) is 5.91 Å². The van der Waals surface area contributed by atoms with Gasteiger partial charge in [0.15, 0.2) is 0 Å². The van der Waals surface area contributed by atoms with Gasteiger partial charge in [0.1, 0.15) is 6.04 Å². The van der Waals surface area contributed by atoms with E-state index >= 15 is 0 Å². The molecule has 8 heteroatoms. The summed E-state index contributed by atoms with van der Waals surface area (Å²) in [6.45, 7) is 4.97. The van der Waals surface area contributed by atoms with E-state index in [1.165, 1.54) is 11.1 Å². The summed E-state index contributed by atoms with van der Waals surface area (Å²) in [5, 5.41) is 2.37. The lowest BCUT2D eigenvalue weighted by Gasteiger charge is -2.39. The Morgan fingerprint density at radius 1 is 0.921 bits per heavy atom. The van der Waals surface area contributed by atoms with Gasteiger partial charge in [0.05, 0.1) is 11.7 Å². The SMILES string of the molecule is O=C1CCC(N2Cc3cc(CN4CCN([C@@H](c5ccccc5)c5ccccn5)CC4)ccc3C2=O)C(=O)N1. The topological polar surface area (TPSA) is 85.9 Å². The van der Waals surface area contributed by atoms with Crippen LogP contribution in [0.1, 0.15) is 51.6 Å². The summed E-state index contributed by atoms with van der Waals surface area (Å²) in [6.07, 6.45) is 2.50. The van der Waals surface area contributed by atoms with Crippen molar-refractivity contribution in [3.05, 3.63) is 101 Å². The van der Waals surface area contributed by atoms with Gasteiger partial charge in [-0.3, -0.25) is 34.5 Å². The molecule has 4 heterocycles. The molecule has 0 bridgehead atoms. The van der Waals surface area contributed by atoms with Crippen molar-refractivity contribution in [3.63, 3.8) is 0 Å². The molecule has 0 saturated carbocycles. The third-order valence-electron chi connectivity index (χ3n) is 7.85. The number of piperidine rings is 1. The van der Waals surface area contributed by atoms with Crippen LogP contribution in [-0.2, 0) is 22.7 Å². The molecular formula is C30H31N5O3. The molecule has 1 N–H and O–H groups in total. The van der Waals surface area contributed by atoms with E-state index in [9.17, 15) is 14.4 Å². The maximum atomic E-state index is 13.0. The molecule has 3 aliphatic heterocycles. The number of piperazine rings is 1. The van der Waals surface area contributed by atoms with Gasteiger partial charge in [-0.25, -0.2) is 0 Å².